The molecule has 2 saturated heterocycles. The van der Waals surface area contributed by atoms with Crippen LogP contribution in [0.4, 0.5) is 0 Å². The van der Waals surface area contributed by atoms with Gasteiger partial charge in [-0.05, 0) is 24.3 Å². The second-order valence-corrected chi connectivity index (χ2v) is 9.65. The fraction of sp³-hybridized carbons (Fsp3) is 0.423. The maximum Gasteiger partial charge on any atom is 0.229 e. The Morgan fingerprint density at radius 1 is 0.975 bits per heavy atom. The highest BCUT2D eigenvalue weighted by atomic mass is 16.7. The third-order valence-electron chi connectivity index (χ3n) is 6.88. The Morgan fingerprint density at radius 3 is 2.35 bits per heavy atom. The number of hydrogen-bond acceptors (Lipinski definition) is 14. The number of ether oxygens (including phenoxy) is 4. The number of aliphatic hydroxyl groups is 6. The first-order valence-corrected chi connectivity index (χ1v) is 12.2. The molecule has 3 heterocycles. The molecule has 1 aromatic heterocycles. The average Bonchev–Trinajstić information content (AvgIpc) is 3.21. The molecule has 8 N–H and O–H groups in total. The van der Waals surface area contributed by atoms with Crippen LogP contribution in [0.1, 0.15) is 0 Å². The van der Waals surface area contributed by atoms with Gasteiger partial charge in [0.15, 0.2) is 11.7 Å². The first-order valence-electron chi connectivity index (χ1n) is 12.2. The third kappa shape index (κ3) is 5.12. The topological polar surface area (TPSA) is 229 Å². The molecular weight excluding hydrogens is 536 g/mol. The molecule has 2 aromatic carbocycles. The van der Waals surface area contributed by atoms with Gasteiger partial charge < -0.3 is 64.2 Å². The molecule has 2 aliphatic rings. The predicted octanol–water partition coefficient (Wildman–Crippen LogP) is -1.49. The molecule has 14 nitrogen and oxygen atoms in total. The van der Waals surface area contributed by atoms with E-state index in [1.165, 1.54) is 36.4 Å². The standard InChI is InChI=1S/C26H28O14/c27-8-18-22(40-25-23(34)26(35,9-28)10-36-25)20(32)21(33)24(39-18)37-13-5-14(30)19-15(31)7-16(38-17(19)6-13)11-1-3-12(29)4-2-11/h1-7,18,20-25,27-30,32-35H,8-10H2/t18-,20-,21-,22-,23+,24-,25+,26-/m1/s1. The van der Waals surface area contributed by atoms with Crippen LogP contribution in [-0.2, 0) is 14.2 Å². The highest BCUT2D eigenvalue weighted by Crippen LogP contribution is 2.35. The lowest BCUT2D eigenvalue weighted by Crippen LogP contribution is -2.62. The lowest BCUT2D eigenvalue weighted by Gasteiger charge is -2.42. The zero-order valence-electron chi connectivity index (χ0n) is 20.7. The summed E-state index contributed by atoms with van der Waals surface area (Å²) < 4.78 is 27.7. The molecule has 0 aliphatic carbocycles. The highest BCUT2D eigenvalue weighted by molar-refractivity contribution is 5.86. The zero-order chi connectivity index (χ0) is 28.8. The fourth-order valence-corrected chi connectivity index (χ4v) is 4.60. The molecule has 0 amide bonds. The van der Waals surface area contributed by atoms with E-state index in [0.717, 1.165) is 6.07 Å². The number of aliphatic hydroxyl groups excluding tert-OH is 5. The van der Waals surface area contributed by atoms with E-state index in [4.69, 9.17) is 23.4 Å². The molecule has 0 saturated carbocycles. The number of phenolic OH excluding ortho intramolecular Hbond substituents is 2. The van der Waals surface area contributed by atoms with Crippen molar-refractivity contribution >= 4 is 11.0 Å². The number of benzene rings is 2. The van der Waals surface area contributed by atoms with Crippen molar-refractivity contribution in [3.05, 3.63) is 52.7 Å². The van der Waals surface area contributed by atoms with Crippen molar-refractivity contribution in [1.82, 2.24) is 0 Å². The summed E-state index contributed by atoms with van der Waals surface area (Å²) in [4.78, 5) is 12.7. The van der Waals surface area contributed by atoms with E-state index in [1.54, 1.807) is 0 Å². The summed E-state index contributed by atoms with van der Waals surface area (Å²) in [6, 6.07) is 9.39. The van der Waals surface area contributed by atoms with Crippen molar-refractivity contribution in [2.75, 3.05) is 19.8 Å². The van der Waals surface area contributed by atoms with Gasteiger partial charge in [0.25, 0.3) is 0 Å². The van der Waals surface area contributed by atoms with E-state index in [0.29, 0.717) is 5.56 Å². The second kappa shape index (κ2) is 10.9. The van der Waals surface area contributed by atoms with Crippen molar-refractivity contribution < 1.29 is 64.2 Å². The summed E-state index contributed by atoms with van der Waals surface area (Å²) in [7, 11) is 0. The largest absolute Gasteiger partial charge is 0.508 e. The van der Waals surface area contributed by atoms with E-state index in [2.05, 4.69) is 0 Å². The molecule has 0 unspecified atom stereocenters. The maximum absolute atomic E-state index is 12.7. The van der Waals surface area contributed by atoms with Gasteiger partial charge in [-0.25, -0.2) is 0 Å². The molecule has 8 atom stereocenters. The van der Waals surface area contributed by atoms with Crippen LogP contribution in [-0.4, -0.2) is 109 Å². The van der Waals surface area contributed by atoms with Crippen LogP contribution in [0.2, 0.25) is 0 Å². The third-order valence-corrected chi connectivity index (χ3v) is 6.88. The number of hydrogen-bond donors (Lipinski definition) is 8. The van der Waals surface area contributed by atoms with E-state index in [9.17, 15) is 45.6 Å². The maximum atomic E-state index is 12.7. The highest BCUT2D eigenvalue weighted by Gasteiger charge is 2.53. The summed E-state index contributed by atoms with van der Waals surface area (Å²) in [5, 5.41) is 80.9. The molecular formula is C26H28O14. The Bertz CT molecular complexity index is 1410. The normalized spacial score (nSPS) is 32.4. The number of fused-ring (bicyclic) bond motifs is 1. The predicted molar refractivity (Wildman–Crippen MR) is 132 cm³/mol. The summed E-state index contributed by atoms with van der Waals surface area (Å²) in [5.41, 5.74) is -2.15. The van der Waals surface area contributed by atoms with Gasteiger partial charge in [0.05, 0.1) is 19.8 Å². The van der Waals surface area contributed by atoms with E-state index < -0.39 is 79.7 Å². The van der Waals surface area contributed by atoms with Crippen LogP contribution in [0.5, 0.6) is 17.2 Å². The van der Waals surface area contributed by atoms with Crippen LogP contribution < -0.4 is 10.2 Å². The van der Waals surface area contributed by atoms with Gasteiger partial charge in [-0.2, -0.15) is 0 Å². The van der Waals surface area contributed by atoms with Gasteiger partial charge in [0.2, 0.25) is 6.29 Å². The van der Waals surface area contributed by atoms with Gasteiger partial charge in [0.1, 0.15) is 70.1 Å². The molecule has 40 heavy (non-hydrogen) atoms. The van der Waals surface area contributed by atoms with E-state index in [-0.39, 0.29) is 28.2 Å². The first kappa shape index (κ1) is 28.2. The van der Waals surface area contributed by atoms with E-state index in [1.807, 2.05) is 0 Å². The Kier molecular flexibility index (Phi) is 7.71. The molecule has 216 valence electrons. The van der Waals surface area contributed by atoms with Crippen LogP contribution in [0.3, 0.4) is 0 Å². The van der Waals surface area contributed by atoms with Crippen molar-refractivity contribution in [3.8, 4) is 28.6 Å². The Labute approximate surface area is 225 Å². The number of aromatic hydroxyl groups is 2. The second-order valence-electron chi connectivity index (χ2n) is 9.65. The smallest absolute Gasteiger partial charge is 0.229 e. The molecule has 2 fully saturated rings. The number of phenols is 2. The van der Waals surface area contributed by atoms with Crippen molar-refractivity contribution in [3.63, 3.8) is 0 Å². The molecule has 0 spiro atoms. The number of rotatable bonds is 7. The Morgan fingerprint density at radius 2 is 1.70 bits per heavy atom. The van der Waals surface area contributed by atoms with Crippen LogP contribution >= 0.6 is 0 Å². The minimum atomic E-state index is -2.00. The van der Waals surface area contributed by atoms with Crippen molar-refractivity contribution in [2.45, 2.75) is 48.7 Å². The average molecular weight is 564 g/mol. The quantitative estimate of drug-likeness (QED) is 0.164. The summed E-state index contributed by atoms with van der Waals surface area (Å²) in [5.74, 6) is -0.456. The molecule has 0 bridgehead atoms. The summed E-state index contributed by atoms with van der Waals surface area (Å²) in [6.07, 6.45) is -11.1. The zero-order valence-corrected chi connectivity index (χ0v) is 20.7. The van der Waals surface area contributed by atoms with Crippen molar-refractivity contribution in [1.29, 1.82) is 0 Å². The van der Waals surface area contributed by atoms with Crippen LogP contribution in [0.25, 0.3) is 22.3 Å². The van der Waals surface area contributed by atoms with Gasteiger partial charge in [-0.3, -0.25) is 4.79 Å². The van der Waals surface area contributed by atoms with E-state index >= 15 is 0 Å². The molecule has 5 rings (SSSR count). The lowest BCUT2D eigenvalue weighted by atomic mass is 9.98. The monoisotopic (exact) mass is 564 g/mol. The molecule has 0 radical (unpaired) electrons. The molecule has 14 heteroatoms. The minimum Gasteiger partial charge on any atom is -0.508 e. The van der Waals surface area contributed by atoms with Crippen LogP contribution in [0.15, 0.2) is 51.7 Å². The van der Waals surface area contributed by atoms with Gasteiger partial charge in [0, 0.05) is 23.8 Å². The van der Waals surface area contributed by atoms with Gasteiger partial charge >= 0.3 is 0 Å². The van der Waals surface area contributed by atoms with Gasteiger partial charge in [-0.1, -0.05) is 0 Å². The molecule has 3 aromatic rings. The Hall–Kier alpha value is -3.31. The minimum absolute atomic E-state index is 0.0147. The van der Waals surface area contributed by atoms with Crippen molar-refractivity contribution in [2.24, 2.45) is 0 Å². The summed E-state index contributed by atoms with van der Waals surface area (Å²) >= 11 is 0. The van der Waals surface area contributed by atoms with Gasteiger partial charge in [-0.15, -0.1) is 0 Å². The lowest BCUT2D eigenvalue weighted by molar-refractivity contribution is -0.313. The first-order chi connectivity index (χ1) is 19.0. The fourth-order valence-electron chi connectivity index (χ4n) is 4.60. The summed E-state index contributed by atoms with van der Waals surface area (Å²) in [6.45, 7) is -2.02. The van der Waals surface area contributed by atoms with Crippen LogP contribution in [0, 0.1) is 0 Å². The Balaban J connectivity index is 1.37. The SMILES string of the molecule is O=c1cc(-c2ccc(O)cc2)oc2cc(O[C@@H]3O[C@H](CO)[C@@H](O[C@@H]4OC[C@](O)(CO)[C@H]4O)[C@H](O)[C@H]3O)cc(O)c12. The molecule has 2 aliphatic heterocycles.